The van der Waals surface area contributed by atoms with Crippen LogP contribution in [0.1, 0.15) is 18.5 Å². The molecule has 0 spiro atoms. The van der Waals surface area contributed by atoms with Crippen molar-refractivity contribution in [3.63, 3.8) is 0 Å². The van der Waals surface area contributed by atoms with Crippen molar-refractivity contribution in [1.82, 2.24) is 9.78 Å². The highest BCUT2D eigenvalue weighted by Crippen LogP contribution is 2.35. The molecule has 29 heavy (non-hydrogen) atoms. The van der Waals surface area contributed by atoms with E-state index < -0.39 is 23.3 Å². The molecule has 0 fully saturated rings. The maximum atomic E-state index is 13.7. The molecule has 1 unspecified atom stereocenters. The summed E-state index contributed by atoms with van der Waals surface area (Å²) in [5.74, 6) is 0.329. The number of aromatic nitrogens is 2. The Morgan fingerprint density at radius 3 is 2.72 bits per heavy atom. The van der Waals surface area contributed by atoms with Crippen molar-refractivity contribution in [3.8, 4) is 22.8 Å². The maximum Gasteiger partial charge on any atom is 0.267 e. The van der Waals surface area contributed by atoms with Gasteiger partial charge in [0.25, 0.3) is 5.56 Å². The molecule has 148 valence electrons. The van der Waals surface area contributed by atoms with Gasteiger partial charge in [-0.2, -0.15) is 5.10 Å². The molecule has 1 aliphatic heterocycles. The van der Waals surface area contributed by atoms with Crippen LogP contribution in [0.15, 0.2) is 53.3 Å². The summed E-state index contributed by atoms with van der Waals surface area (Å²) in [5, 5.41) is 6.95. The first kappa shape index (κ1) is 18.7. The molecular formula is C21H18FN3O4. The van der Waals surface area contributed by atoms with Gasteiger partial charge in [-0.25, -0.2) is 9.07 Å². The second kappa shape index (κ2) is 7.38. The van der Waals surface area contributed by atoms with E-state index in [-0.39, 0.29) is 6.79 Å². The molecule has 1 amide bonds. The van der Waals surface area contributed by atoms with Gasteiger partial charge in [0.2, 0.25) is 12.7 Å². The summed E-state index contributed by atoms with van der Waals surface area (Å²) in [5.41, 5.74) is 1.59. The molecule has 0 bridgehead atoms. The van der Waals surface area contributed by atoms with Gasteiger partial charge >= 0.3 is 0 Å². The van der Waals surface area contributed by atoms with Gasteiger partial charge in [-0.15, -0.1) is 0 Å². The van der Waals surface area contributed by atoms with Crippen LogP contribution in [0, 0.1) is 12.7 Å². The van der Waals surface area contributed by atoms with E-state index in [1.807, 2.05) is 0 Å². The molecule has 7 nitrogen and oxygen atoms in total. The largest absolute Gasteiger partial charge is 0.454 e. The van der Waals surface area contributed by atoms with Crippen molar-refractivity contribution in [1.29, 1.82) is 0 Å². The number of hydrogen-bond donors (Lipinski definition) is 1. The van der Waals surface area contributed by atoms with Crippen LogP contribution in [-0.2, 0) is 4.79 Å². The first-order valence-electron chi connectivity index (χ1n) is 8.99. The number of hydrogen-bond acceptors (Lipinski definition) is 5. The van der Waals surface area contributed by atoms with Gasteiger partial charge in [-0.1, -0.05) is 6.07 Å². The van der Waals surface area contributed by atoms with Crippen molar-refractivity contribution in [3.05, 3.63) is 70.3 Å². The molecule has 0 saturated carbocycles. The number of nitrogens with zero attached hydrogens (tertiary/aromatic N) is 2. The van der Waals surface area contributed by atoms with Crippen molar-refractivity contribution >= 4 is 11.6 Å². The standard InChI is InChI=1S/C21H18FN3O4/c1-12-3-5-15(10-16(12)22)23-21(27)13(2)25-20(26)8-6-17(24-25)14-4-7-18-19(9-14)29-11-28-18/h3-10,13H,11H2,1-2H3,(H,23,27). The molecule has 1 N–H and O–H groups in total. The molecular weight excluding hydrogens is 377 g/mol. The lowest BCUT2D eigenvalue weighted by molar-refractivity contribution is -0.119. The second-order valence-corrected chi connectivity index (χ2v) is 6.70. The van der Waals surface area contributed by atoms with E-state index in [2.05, 4.69) is 10.4 Å². The third-order valence-electron chi connectivity index (χ3n) is 4.68. The van der Waals surface area contributed by atoms with Crippen molar-refractivity contribution < 1.29 is 18.7 Å². The molecule has 1 atom stereocenters. The number of carbonyl (C=O) groups is 1. The summed E-state index contributed by atoms with van der Waals surface area (Å²) in [6, 6.07) is 11.8. The number of carbonyl (C=O) groups excluding carboxylic acids is 1. The maximum absolute atomic E-state index is 13.7. The summed E-state index contributed by atoms with van der Waals surface area (Å²) < 4.78 is 25.5. The van der Waals surface area contributed by atoms with E-state index >= 15 is 0 Å². The molecule has 0 saturated heterocycles. The van der Waals surface area contributed by atoms with Crippen molar-refractivity contribution in [2.45, 2.75) is 19.9 Å². The highest BCUT2D eigenvalue weighted by Gasteiger charge is 2.20. The summed E-state index contributed by atoms with van der Waals surface area (Å²) in [7, 11) is 0. The lowest BCUT2D eigenvalue weighted by Gasteiger charge is -2.15. The Labute approximate surface area is 165 Å². The van der Waals surface area contributed by atoms with Crippen LogP contribution in [0.4, 0.5) is 10.1 Å². The smallest absolute Gasteiger partial charge is 0.267 e. The highest BCUT2D eigenvalue weighted by atomic mass is 19.1. The lowest BCUT2D eigenvalue weighted by Crippen LogP contribution is -2.33. The summed E-state index contributed by atoms with van der Waals surface area (Å²) in [6.45, 7) is 3.34. The van der Waals surface area contributed by atoms with Crippen LogP contribution >= 0.6 is 0 Å². The normalized spacial score (nSPS) is 13.2. The number of rotatable bonds is 4. The average molecular weight is 395 g/mol. The van der Waals surface area contributed by atoms with Gasteiger partial charge in [0.1, 0.15) is 11.9 Å². The zero-order valence-corrected chi connectivity index (χ0v) is 15.8. The van der Waals surface area contributed by atoms with E-state index in [1.54, 1.807) is 50.2 Å². The number of halogens is 1. The number of fused-ring (bicyclic) bond motifs is 1. The SMILES string of the molecule is Cc1ccc(NC(=O)C(C)n2nc(-c3ccc4c(c3)OCO4)ccc2=O)cc1F. The molecule has 8 heteroatoms. The lowest BCUT2D eigenvalue weighted by atomic mass is 10.1. The van der Waals surface area contributed by atoms with Gasteiger partial charge in [0, 0.05) is 17.3 Å². The Bertz CT molecular complexity index is 1160. The van der Waals surface area contributed by atoms with Gasteiger partial charge in [0.15, 0.2) is 11.5 Å². The molecule has 1 aromatic heterocycles. The first-order valence-corrected chi connectivity index (χ1v) is 8.99. The summed E-state index contributed by atoms with van der Waals surface area (Å²) in [4.78, 5) is 24.9. The Hall–Kier alpha value is -3.68. The average Bonchev–Trinajstić information content (AvgIpc) is 3.18. The second-order valence-electron chi connectivity index (χ2n) is 6.70. The minimum Gasteiger partial charge on any atom is -0.454 e. The molecule has 1 aliphatic rings. The zero-order valence-electron chi connectivity index (χ0n) is 15.8. The fourth-order valence-corrected chi connectivity index (χ4v) is 2.94. The summed E-state index contributed by atoms with van der Waals surface area (Å²) >= 11 is 0. The molecule has 3 aromatic rings. The third kappa shape index (κ3) is 3.69. The highest BCUT2D eigenvalue weighted by molar-refractivity contribution is 5.93. The Morgan fingerprint density at radius 1 is 1.14 bits per heavy atom. The van der Waals surface area contributed by atoms with Crippen molar-refractivity contribution in [2.75, 3.05) is 12.1 Å². The van der Waals surface area contributed by atoms with Gasteiger partial charge < -0.3 is 14.8 Å². The number of nitrogens with one attached hydrogen (secondary N) is 1. The first-order chi connectivity index (χ1) is 13.9. The minimum absolute atomic E-state index is 0.155. The Morgan fingerprint density at radius 2 is 1.93 bits per heavy atom. The summed E-state index contributed by atoms with van der Waals surface area (Å²) in [6.07, 6.45) is 0. The Balaban J connectivity index is 1.60. The van der Waals surface area contributed by atoms with E-state index in [9.17, 15) is 14.0 Å². The molecule has 2 heterocycles. The topological polar surface area (TPSA) is 82.5 Å². The fourth-order valence-electron chi connectivity index (χ4n) is 2.94. The van der Waals surface area contributed by atoms with Crippen LogP contribution in [0.25, 0.3) is 11.3 Å². The van der Waals surface area contributed by atoms with E-state index in [0.717, 1.165) is 10.2 Å². The van der Waals surface area contributed by atoms with E-state index in [0.29, 0.717) is 28.4 Å². The van der Waals surface area contributed by atoms with Crippen LogP contribution in [0.2, 0.25) is 0 Å². The van der Waals surface area contributed by atoms with Gasteiger partial charge in [-0.05, 0) is 55.8 Å². The van der Waals surface area contributed by atoms with E-state index in [4.69, 9.17) is 9.47 Å². The molecule has 0 aliphatic carbocycles. The van der Waals surface area contributed by atoms with Gasteiger partial charge in [0.05, 0.1) is 5.69 Å². The number of ether oxygens (including phenoxy) is 2. The number of aryl methyl sites for hydroxylation is 1. The minimum atomic E-state index is -0.902. The van der Waals surface area contributed by atoms with Gasteiger partial charge in [-0.3, -0.25) is 9.59 Å². The van der Waals surface area contributed by atoms with Crippen LogP contribution in [0.3, 0.4) is 0 Å². The van der Waals surface area contributed by atoms with Crippen LogP contribution in [0.5, 0.6) is 11.5 Å². The predicted molar refractivity (Wildman–Crippen MR) is 105 cm³/mol. The molecule has 2 aromatic carbocycles. The number of anilines is 1. The predicted octanol–water partition coefficient (Wildman–Crippen LogP) is 3.29. The van der Waals surface area contributed by atoms with Crippen LogP contribution in [-0.4, -0.2) is 22.5 Å². The quantitative estimate of drug-likeness (QED) is 0.733. The monoisotopic (exact) mass is 395 g/mol. The van der Waals surface area contributed by atoms with E-state index in [1.165, 1.54) is 12.1 Å². The number of benzene rings is 2. The molecule has 4 rings (SSSR count). The fraction of sp³-hybridized carbons (Fsp3) is 0.190. The number of amides is 1. The van der Waals surface area contributed by atoms with Crippen LogP contribution < -0.4 is 20.3 Å². The third-order valence-corrected chi connectivity index (χ3v) is 4.68. The Kier molecular flexibility index (Phi) is 4.75. The molecule has 0 radical (unpaired) electrons. The zero-order chi connectivity index (χ0) is 20.5. The van der Waals surface area contributed by atoms with Crippen molar-refractivity contribution in [2.24, 2.45) is 0 Å².